The first kappa shape index (κ1) is 11.1. The molecule has 0 saturated heterocycles. The molecule has 0 aliphatic heterocycles. The Bertz CT molecular complexity index is 447. The predicted octanol–water partition coefficient (Wildman–Crippen LogP) is 3.79. The van der Waals surface area contributed by atoms with E-state index in [0.29, 0.717) is 0 Å². The topological polar surface area (TPSA) is 17.1 Å². The lowest BCUT2D eigenvalue weighted by Gasteiger charge is -2.21. The molecule has 1 aliphatic rings. The smallest absolute Gasteiger partial charge is 0.188 e. The number of carbonyl (C=O) groups is 1. The summed E-state index contributed by atoms with van der Waals surface area (Å²) in [5.41, 5.74) is 3.14. The monoisotopic (exact) mass is 214 g/mol. The zero-order chi connectivity index (χ0) is 11.8. The van der Waals surface area contributed by atoms with E-state index in [1.165, 1.54) is 5.56 Å². The van der Waals surface area contributed by atoms with Gasteiger partial charge in [0, 0.05) is 5.56 Å². The number of Topliss-reactive ketones (excluding diaryl/α,β-unsaturated/α-hetero) is 1. The third-order valence-corrected chi connectivity index (χ3v) is 2.82. The van der Waals surface area contributed by atoms with Gasteiger partial charge in [-0.2, -0.15) is 0 Å². The Morgan fingerprint density at radius 1 is 1.12 bits per heavy atom. The molecule has 0 amide bonds. The first-order valence-electron chi connectivity index (χ1n) is 5.82. The van der Waals surface area contributed by atoms with Crippen molar-refractivity contribution in [1.29, 1.82) is 0 Å². The lowest BCUT2D eigenvalue weighted by atomic mass is 9.83. The van der Waals surface area contributed by atoms with Gasteiger partial charge in [0.05, 0.1) is 0 Å². The van der Waals surface area contributed by atoms with Gasteiger partial charge in [-0.3, -0.25) is 4.79 Å². The van der Waals surface area contributed by atoms with Crippen LogP contribution in [0.2, 0.25) is 0 Å². The SMILES string of the molecule is CC(C)(C)C=C1CCc2ccccc2C1=O. The number of ketones is 1. The number of fused-ring (bicyclic) bond motifs is 1. The number of rotatable bonds is 0. The minimum atomic E-state index is 0.0806. The van der Waals surface area contributed by atoms with Crippen molar-refractivity contribution in [2.45, 2.75) is 33.6 Å². The molecular formula is C15H18O. The van der Waals surface area contributed by atoms with Crippen molar-refractivity contribution in [3.8, 4) is 0 Å². The molecule has 0 aromatic heterocycles. The van der Waals surface area contributed by atoms with E-state index in [1.54, 1.807) is 0 Å². The van der Waals surface area contributed by atoms with Gasteiger partial charge in [-0.05, 0) is 29.4 Å². The number of hydrogen-bond acceptors (Lipinski definition) is 1. The molecule has 1 nitrogen and oxygen atoms in total. The standard InChI is InChI=1S/C15H18O/c1-15(2,3)10-12-9-8-11-6-4-5-7-13(11)14(12)16/h4-7,10H,8-9H2,1-3H3. The zero-order valence-electron chi connectivity index (χ0n) is 10.2. The Morgan fingerprint density at radius 2 is 1.81 bits per heavy atom. The van der Waals surface area contributed by atoms with Crippen LogP contribution in [0.1, 0.15) is 43.1 Å². The Morgan fingerprint density at radius 3 is 2.50 bits per heavy atom. The van der Waals surface area contributed by atoms with E-state index in [2.05, 4.69) is 32.9 Å². The quantitative estimate of drug-likeness (QED) is 0.600. The highest BCUT2D eigenvalue weighted by molar-refractivity contribution is 6.10. The summed E-state index contributed by atoms with van der Waals surface area (Å²) in [6, 6.07) is 7.94. The number of benzene rings is 1. The van der Waals surface area contributed by atoms with Gasteiger partial charge in [0.15, 0.2) is 5.78 Å². The van der Waals surface area contributed by atoms with Gasteiger partial charge in [-0.25, -0.2) is 0 Å². The molecule has 0 atom stereocenters. The van der Waals surface area contributed by atoms with Crippen molar-refractivity contribution in [3.05, 3.63) is 47.0 Å². The molecule has 0 fully saturated rings. The van der Waals surface area contributed by atoms with Crippen LogP contribution in [0.5, 0.6) is 0 Å². The maximum absolute atomic E-state index is 12.2. The lowest BCUT2D eigenvalue weighted by molar-refractivity contribution is 0.102. The van der Waals surface area contributed by atoms with Crippen molar-refractivity contribution in [2.75, 3.05) is 0 Å². The maximum Gasteiger partial charge on any atom is 0.188 e. The van der Waals surface area contributed by atoms with Gasteiger partial charge in [-0.15, -0.1) is 0 Å². The molecule has 0 spiro atoms. The van der Waals surface area contributed by atoms with Gasteiger partial charge in [-0.1, -0.05) is 51.1 Å². The first-order chi connectivity index (χ1) is 7.47. The third-order valence-electron chi connectivity index (χ3n) is 2.82. The van der Waals surface area contributed by atoms with Gasteiger partial charge < -0.3 is 0 Å². The number of aryl methyl sites for hydroxylation is 1. The van der Waals surface area contributed by atoms with Crippen molar-refractivity contribution in [2.24, 2.45) is 5.41 Å². The maximum atomic E-state index is 12.2. The van der Waals surface area contributed by atoms with E-state index in [9.17, 15) is 4.79 Å². The van der Waals surface area contributed by atoms with Crippen LogP contribution in [0.3, 0.4) is 0 Å². The second-order valence-corrected chi connectivity index (χ2v) is 5.52. The van der Waals surface area contributed by atoms with Crippen LogP contribution < -0.4 is 0 Å². The van der Waals surface area contributed by atoms with E-state index in [0.717, 1.165) is 24.0 Å². The second-order valence-electron chi connectivity index (χ2n) is 5.52. The molecule has 0 radical (unpaired) electrons. The van der Waals surface area contributed by atoms with Crippen molar-refractivity contribution in [1.82, 2.24) is 0 Å². The first-order valence-corrected chi connectivity index (χ1v) is 5.82. The second kappa shape index (κ2) is 3.89. The molecule has 0 bridgehead atoms. The van der Waals surface area contributed by atoms with Crippen LogP contribution in [0, 0.1) is 5.41 Å². The molecule has 1 aromatic carbocycles. The van der Waals surface area contributed by atoms with Gasteiger partial charge >= 0.3 is 0 Å². The van der Waals surface area contributed by atoms with E-state index in [1.807, 2.05) is 18.2 Å². The molecule has 1 heteroatoms. The summed E-state index contributed by atoms with van der Waals surface area (Å²) in [6.45, 7) is 6.40. The molecule has 0 heterocycles. The van der Waals surface area contributed by atoms with E-state index >= 15 is 0 Å². The summed E-state index contributed by atoms with van der Waals surface area (Å²) >= 11 is 0. The molecule has 84 valence electrons. The summed E-state index contributed by atoms with van der Waals surface area (Å²) in [5.74, 6) is 0.219. The summed E-state index contributed by atoms with van der Waals surface area (Å²) < 4.78 is 0. The van der Waals surface area contributed by atoms with E-state index in [4.69, 9.17) is 0 Å². The van der Waals surface area contributed by atoms with E-state index < -0.39 is 0 Å². The average molecular weight is 214 g/mol. The largest absolute Gasteiger partial charge is 0.289 e. The summed E-state index contributed by atoms with van der Waals surface area (Å²) in [5, 5.41) is 0. The number of allylic oxidation sites excluding steroid dienone is 2. The summed E-state index contributed by atoms with van der Waals surface area (Å²) in [4.78, 5) is 12.2. The number of carbonyl (C=O) groups excluding carboxylic acids is 1. The minimum Gasteiger partial charge on any atom is -0.289 e. The Labute approximate surface area is 97.2 Å². The van der Waals surface area contributed by atoms with Crippen molar-refractivity contribution in [3.63, 3.8) is 0 Å². The number of hydrogen-bond donors (Lipinski definition) is 0. The molecule has 16 heavy (non-hydrogen) atoms. The molecule has 1 aromatic rings. The molecule has 1 aliphatic carbocycles. The Balaban J connectivity index is 2.39. The van der Waals surface area contributed by atoms with Crippen LogP contribution in [-0.4, -0.2) is 5.78 Å². The van der Waals surface area contributed by atoms with E-state index in [-0.39, 0.29) is 11.2 Å². The fourth-order valence-electron chi connectivity index (χ4n) is 2.18. The van der Waals surface area contributed by atoms with Crippen molar-refractivity contribution >= 4 is 5.78 Å². The molecule has 0 saturated carbocycles. The molecule has 0 N–H and O–H groups in total. The summed E-state index contributed by atoms with van der Waals surface area (Å²) in [6.07, 6.45) is 3.99. The Kier molecular flexibility index (Phi) is 2.71. The van der Waals surface area contributed by atoms with Gasteiger partial charge in [0.1, 0.15) is 0 Å². The van der Waals surface area contributed by atoms with Crippen LogP contribution in [0.25, 0.3) is 0 Å². The van der Waals surface area contributed by atoms with Crippen LogP contribution >= 0.6 is 0 Å². The Hall–Kier alpha value is -1.37. The highest BCUT2D eigenvalue weighted by Gasteiger charge is 2.22. The van der Waals surface area contributed by atoms with Gasteiger partial charge in [0.2, 0.25) is 0 Å². The van der Waals surface area contributed by atoms with Crippen LogP contribution in [-0.2, 0) is 6.42 Å². The normalized spacial score (nSPS) is 18.7. The summed E-state index contributed by atoms with van der Waals surface area (Å²) in [7, 11) is 0. The predicted molar refractivity (Wildman–Crippen MR) is 66.6 cm³/mol. The fraction of sp³-hybridized carbons (Fsp3) is 0.400. The van der Waals surface area contributed by atoms with Crippen molar-refractivity contribution < 1.29 is 4.79 Å². The van der Waals surface area contributed by atoms with Gasteiger partial charge in [0.25, 0.3) is 0 Å². The average Bonchev–Trinajstić information content (AvgIpc) is 2.21. The lowest BCUT2D eigenvalue weighted by Crippen LogP contribution is -2.16. The highest BCUT2D eigenvalue weighted by Crippen LogP contribution is 2.28. The molecular weight excluding hydrogens is 196 g/mol. The molecule has 0 unspecified atom stereocenters. The zero-order valence-corrected chi connectivity index (χ0v) is 10.2. The van der Waals surface area contributed by atoms with Crippen LogP contribution in [0.15, 0.2) is 35.9 Å². The third kappa shape index (κ3) is 2.24. The fourth-order valence-corrected chi connectivity index (χ4v) is 2.18. The van der Waals surface area contributed by atoms with Crippen LogP contribution in [0.4, 0.5) is 0 Å². The minimum absolute atomic E-state index is 0.0806. The molecule has 2 rings (SSSR count). The highest BCUT2D eigenvalue weighted by atomic mass is 16.1.